The Balaban J connectivity index is 2.37. The lowest BCUT2D eigenvalue weighted by Gasteiger charge is -2.23. The lowest BCUT2D eigenvalue weighted by molar-refractivity contribution is -0.144. The predicted molar refractivity (Wildman–Crippen MR) is 77.5 cm³/mol. The average molecular weight is 268 g/mol. The summed E-state index contributed by atoms with van der Waals surface area (Å²) >= 11 is 0. The van der Waals surface area contributed by atoms with Crippen molar-refractivity contribution in [2.75, 3.05) is 0 Å². The van der Waals surface area contributed by atoms with Crippen molar-refractivity contribution >= 4 is 12.3 Å². The first-order chi connectivity index (χ1) is 9.58. The summed E-state index contributed by atoms with van der Waals surface area (Å²) in [7, 11) is 0. The monoisotopic (exact) mass is 268 g/mol. The summed E-state index contributed by atoms with van der Waals surface area (Å²) in [5.41, 5.74) is 1.56. The minimum atomic E-state index is -1.17. The molecule has 0 bridgehead atoms. The highest BCUT2D eigenvalue weighted by atomic mass is 16.4. The molecule has 0 spiro atoms. The maximum atomic E-state index is 11.4. The van der Waals surface area contributed by atoms with Gasteiger partial charge in [0.05, 0.1) is 5.41 Å². The molecule has 0 saturated carbocycles. The van der Waals surface area contributed by atoms with Crippen LogP contribution in [0.1, 0.15) is 18.9 Å². The highest BCUT2D eigenvalue weighted by molar-refractivity contribution is 5.84. The number of rotatable bonds is 5. The zero-order valence-electron chi connectivity index (χ0n) is 11.2. The number of benzene rings is 2. The van der Waals surface area contributed by atoms with E-state index in [4.69, 9.17) is 0 Å². The molecule has 1 unspecified atom stereocenters. The topological polar surface area (TPSA) is 54.4 Å². The number of aldehydes is 1. The Morgan fingerprint density at radius 1 is 1.05 bits per heavy atom. The highest BCUT2D eigenvalue weighted by Gasteiger charge is 2.34. The molecule has 3 heteroatoms. The zero-order chi connectivity index (χ0) is 14.6. The van der Waals surface area contributed by atoms with Crippen LogP contribution in [-0.2, 0) is 15.0 Å². The molecule has 2 aromatic carbocycles. The number of hydrogen-bond acceptors (Lipinski definition) is 2. The Morgan fingerprint density at radius 3 is 2.10 bits per heavy atom. The standard InChI is InChI=1S/C17H16O3/c1-17(11-12-18,16(19)20)15-9-7-14(8-10-15)13-5-3-2-4-6-13/h2-10,12H,11H2,1H3,(H,19,20). The lowest BCUT2D eigenvalue weighted by atomic mass is 9.79. The highest BCUT2D eigenvalue weighted by Crippen LogP contribution is 2.29. The van der Waals surface area contributed by atoms with E-state index in [2.05, 4.69) is 0 Å². The van der Waals surface area contributed by atoms with Gasteiger partial charge in [-0.3, -0.25) is 4.79 Å². The van der Waals surface area contributed by atoms with Crippen molar-refractivity contribution in [2.45, 2.75) is 18.8 Å². The molecule has 2 rings (SSSR count). The van der Waals surface area contributed by atoms with Crippen LogP contribution in [0.4, 0.5) is 0 Å². The molecular weight excluding hydrogens is 252 g/mol. The molecule has 0 aromatic heterocycles. The zero-order valence-corrected chi connectivity index (χ0v) is 11.2. The van der Waals surface area contributed by atoms with Gasteiger partial charge in [-0.05, 0) is 23.6 Å². The van der Waals surface area contributed by atoms with Crippen molar-refractivity contribution in [2.24, 2.45) is 0 Å². The molecule has 102 valence electrons. The van der Waals surface area contributed by atoms with Gasteiger partial charge in [0.15, 0.2) is 0 Å². The van der Waals surface area contributed by atoms with Gasteiger partial charge in [0.1, 0.15) is 6.29 Å². The Bertz CT molecular complexity index is 602. The molecule has 0 amide bonds. The van der Waals surface area contributed by atoms with E-state index in [0.717, 1.165) is 11.1 Å². The van der Waals surface area contributed by atoms with E-state index in [1.807, 2.05) is 42.5 Å². The fraction of sp³-hybridized carbons (Fsp3) is 0.176. The Labute approximate surface area is 117 Å². The van der Waals surface area contributed by atoms with Crippen LogP contribution in [0.15, 0.2) is 54.6 Å². The van der Waals surface area contributed by atoms with Gasteiger partial charge in [0.25, 0.3) is 0 Å². The Hall–Kier alpha value is -2.42. The summed E-state index contributed by atoms with van der Waals surface area (Å²) in [6.07, 6.45) is 0.617. The second-order valence-electron chi connectivity index (χ2n) is 4.95. The number of carboxylic acid groups (broad SMARTS) is 1. The van der Waals surface area contributed by atoms with Gasteiger partial charge in [-0.1, -0.05) is 54.6 Å². The molecular formula is C17H16O3. The maximum absolute atomic E-state index is 11.4. The van der Waals surface area contributed by atoms with E-state index < -0.39 is 11.4 Å². The third kappa shape index (κ3) is 2.62. The molecule has 0 fully saturated rings. The summed E-state index contributed by atoms with van der Waals surface area (Å²) < 4.78 is 0. The van der Waals surface area contributed by atoms with Crippen LogP contribution in [0.3, 0.4) is 0 Å². The summed E-state index contributed by atoms with van der Waals surface area (Å²) in [4.78, 5) is 22.1. The summed E-state index contributed by atoms with van der Waals surface area (Å²) in [5, 5.41) is 9.34. The Morgan fingerprint density at radius 2 is 1.60 bits per heavy atom. The van der Waals surface area contributed by atoms with E-state index >= 15 is 0 Å². The van der Waals surface area contributed by atoms with E-state index in [-0.39, 0.29) is 6.42 Å². The number of hydrogen-bond donors (Lipinski definition) is 1. The van der Waals surface area contributed by atoms with Crippen LogP contribution in [-0.4, -0.2) is 17.4 Å². The fourth-order valence-electron chi connectivity index (χ4n) is 2.16. The molecule has 1 N–H and O–H groups in total. The van der Waals surface area contributed by atoms with Gasteiger partial charge in [-0.15, -0.1) is 0 Å². The van der Waals surface area contributed by atoms with Gasteiger partial charge in [0, 0.05) is 6.42 Å². The van der Waals surface area contributed by atoms with Gasteiger partial charge in [0.2, 0.25) is 0 Å². The molecule has 3 nitrogen and oxygen atoms in total. The predicted octanol–water partition coefficient (Wildman–Crippen LogP) is 3.28. The number of carbonyl (C=O) groups is 2. The first-order valence-corrected chi connectivity index (χ1v) is 6.41. The number of carboxylic acids is 1. The SMILES string of the molecule is CC(CC=O)(C(=O)O)c1ccc(-c2ccccc2)cc1. The molecule has 0 radical (unpaired) electrons. The van der Waals surface area contributed by atoms with Gasteiger partial charge < -0.3 is 9.90 Å². The summed E-state index contributed by atoms with van der Waals surface area (Å²) in [6.45, 7) is 1.57. The molecule has 0 heterocycles. The molecule has 1 atom stereocenters. The van der Waals surface area contributed by atoms with Crippen LogP contribution in [0.2, 0.25) is 0 Å². The molecule has 0 aliphatic carbocycles. The van der Waals surface area contributed by atoms with Crippen LogP contribution in [0, 0.1) is 0 Å². The first-order valence-electron chi connectivity index (χ1n) is 6.41. The molecule has 2 aromatic rings. The largest absolute Gasteiger partial charge is 0.481 e. The van der Waals surface area contributed by atoms with Crippen molar-refractivity contribution in [3.8, 4) is 11.1 Å². The summed E-state index contributed by atoms with van der Waals surface area (Å²) in [5.74, 6) is -0.989. The van der Waals surface area contributed by atoms with Crippen molar-refractivity contribution < 1.29 is 14.7 Å². The van der Waals surface area contributed by atoms with Crippen LogP contribution in [0.5, 0.6) is 0 Å². The second-order valence-corrected chi connectivity index (χ2v) is 4.95. The molecule has 20 heavy (non-hydrogen) atoms. The average Bonchev–Trinajstić information content (AvgIpc) is 2.48. The third-order valence-electron chi connectivity index (χ3n) is 3.59. The number of aliphatic carboxylic acids is 1. The van der Waals surface area contributed by atoms with Crippen molar-refractivity contribution in [3.63, 3.8) is 0 Å². The van der Waals surface area contributed by atoms with Crippen LogP contribution < -0.4 is 0 Å². The minimum absolute atomic E-state index is 0.0347. The third-order valence-corrected chi connectivity index (χ3v) is 3.59. The normalized spacial score (nSPS) is 13.4. The van der Waals surface area contributed by atoms with Gasteiger partial charge in [-0.25, -0.2) is 0 Å². The van der Waals surface area contributed by atoms with Gasteiger partial charge in [-0.2, -0.15) is 0 Å². The number of carbonyl (C=O) groups excluding carboxylic acids is 1. The smallest absolute Gasteiger partial charge is 0.314 e. The van der Waals surface area contributed by atoms with E-state index in [0.29, 0.717) is 11.8 Å². The van der Waals surface area contributed by atoms with Crippen molar-refractivity contribution in [1.29, 1.82) is 0 Å². The fourth-order valence-corrected chi connectivity index (χ4v) is 2.16. The quantitative estimate of drug-likeness (QED) is 0.847. The first kappa shape index (κ1) is 14.0. The van der Waals surface area contributed by atoms with Crippen LogP contribution in [0.25, 0.3) is 11.1 Å². The van der Waals surface area contributed by atoms with Crippen LogP contribution >= 0.6 is 0 Å². The molecule has 0 aliphatic heterocycles. The second kappa shape index (κ2) is 5.70. The minimum Gasteiger partial charge on any atom is -0.481 e. The lowest BCUT2D eigenvalue weighted by Crippen LogP contribution is -2.32. The molecule has 0 aliphatic rings. The van der Waals surface area contributed by atoms with E-state index in [1.54, 1.807) is 19.1 Å². The molecule has 0 saturated heterocycles. The van der Waals surface area contributed by atoms with Gasteiger partial charge >= 0.3 is 5.97 Å². The van der Waals surface area contributed by atoms with Crippen molar-refractivity contribution in [3.05, 3.63) is 60.2 Å². The van der Waals surface area contributed by atoms with Crippen molar-refractivity contribution in [1.82, 2.24) is 0 Å². The maximum Gasteiger partial charge on any atom is 0.314 e. The summed E-state index contributed by atoms with van der Waals surface area (Å²) in [6, 6.07) is 17.2. The Kier molecular flexibility index (Phi) is 3.99. The van der Waals surface area contributed by atoms with E-state index in [1.165, 1.54) is 0 Å². The van der Waals surface area contributed by atoms with E-state index in [9.17, 15) is 14.7 Å².